The van der Waals surface area contributed by atoms with Crippen molar-refractivity contribution in [2.45, 2.75) is 46.5 Å². The van der Waals surface area contributed by atoms with Gasteiger partial charge in [0.25, 0.3) is 5.95 Å². The lowest BCUT2D eigenvalue weighted by Gasteiger charge is -2.46. The molecule has 1 saturated carbocycles. The van der Waals surface area contributed by atoms with Crippen LogP contribution in [0, 0.1) is 23.2 Å². The van der Waals surface area contributed by atoms with Crippen LogP contribution in [0.1, 0.15) is 46.5 Å². The molecule has 1 fully saturated rings. The number of benzene rings is 1. The average Bonchev–Trinajstić information content (AvgIpc) is 3.06. The van der Waals surface area contributed by atoms with Crippen molar-refractivity contribution < 1.29 is 0 Å². The SMILES string of the molecule is C[C@@H]1CC2=CCCC(C)(C)[C@@H]2C[C@H]1/C=N\Nc1nnc2c(n1)[nH]c1ccccc12. The molecule has 6 heteroatoms. The Hall–Kier alpha value is -2.76. The second-order valence-corrected chi connectivity index (χ2v) is 9.33. The second kappa shape index (κ2) is 6.94. The Morgan fingerprint density at radius 1 is 1.24 bits per heavy atom. The summed E-state index contributed by atoms with van der Waals surface area (Å²) in [5.41, 5.74) is 7.57. The molecule has 2 heterocycles. The molecule has 0 aliphatic heterocycles. The Morgan fingerprint density at radius 3 is 3.00 bits per heavy atom. The van der Waals surface area contributed by atoms with Crippen LogP contribution in [0.2, 0.25) is 0 Å². The number of aromatic nitrogens is 4. The van der Waals surface area contributed by atoms with Crippen molar-refractivity contribution in [1.29, 1.82) is 0 Å². The number of para-hydroxylation sites is 1. The van der Waals surface area contributed by atoms with Crippen LogP contribution in [0.15, 0.2) is 41.0 Å². The van der Waals surface area contributed by atoms with Gasteiger partial charge in [0.1, 0.15) is 5.52 Å². The van der Waals surface area contributed by atoms with E-state index in [2.05, 4.69) is 63.8 Å². The molecule has 150 valence electrons. The van der Waals surface area contributed by atoms with E-state index in [-0.39, 0.29) is 0 Å². The number of aromatic amines is 1. The molecule has 0 bridgehead atoms. The predicted octanol–water partition coefficient (Wildman–Crippen LogP) is 5.31. The summed E-state index contributed by atoms with van der Waals surface area (Å²) in [6.07, 6.45) is 9.42. The summed E-state index contributed by atoms with van der Waals surface area (Å²) < 4.78 is 0. The summed E-state index contributed by atoms with van der Waals surface area (Å²) in [7, 11) is 0. The van der Waals surface area contributed by atoms with E-state index in [1.54, 1.807) is 5.57 Å². The fourth-order valence-corrected chi connectivity index (χ4v) is 5.14. The van der Waals surface area contributed by atoms with Crippen molar-refractivity contribution in [3.8, 4) is 0 Å². The number of nitrogens with zero attached hydrogens (tertiary/aromatic N) is 4. The summed E-state index contributed by atoms with van der Waals surface area (Å²) in [4.78, 5) is 7.83. The largest absolute Gasteiger partial charge is 0.338 e. The third-order valence-corrected chi connectivity index (χ3v) is 6.94. The lowest BCUT2D eigenvalue weighted by Crippen LogP contribution is -2.36. The molecule has 0 amide bonds. The Kier molecular flexibility index (Phi) is 4.37. The Bertz CT molecular complexity index is 1110. The first-order chi connectivity index (χ1) is 14.0. The van der Waals surface area contributed by atoms with E-state index in [1.165, 1.54) is 25.7 Å². The summed E-state index contributed by atoms with van der Waals surface area (Å²) in [6.45, 7) is 7.17. The Morgan fingerprint density at radius 2 is 2.10 bits per heavy atom. The van der Waals surface area contributed by atoms with Gasteiger partial charge in [0.05, 0.1) is 0 Å². The topological polar surface area (TPSA) is 78.8 Å². The van der Waals surface area contributed by atoms with E-state index in [1.807, 2.05) is 24.3 Å². The minimum absolute atomic E-state index is 0.386. The standard InChI is InChI=1S/C23H28N6/c1-14-11-15-7-6-10-23(2,3)18(15)12-16(14)13-24-28-22-26-21-20(27-29-22)17-8-4-5-9-19(17)25-21/h4-5,7-9,13-14,16,18H,6,10-12H2,1-3H3,(H2,25,26,28,29)/b24-13-/t14-,16+,18-/m1/s1. The van der Waals surface area contributed by atoms with Gasteiger partial charge in [-0.2, -0.15) is 10.1 Å². The van der Waals surface area contributed by atoms with Crippen LogP contribution >= 0.6 is 0 Å². The lowest BCUT2D eigenvalue weighted by atomic mass is 9.59. The van der Waals surface area contributed by atoms with Crippen LogP contribution in [0.3, 0.4) is 0 Å². The molecule has 2 aliphatic rings. The molecule has 0 saturated heterocycles. The molecular weight excluding hydrogens is 360 g/mol. The zero-order chi connectivity index (χ0) is 20.0. The second-order valence-electron chi connectivity index (χ2n) is 9.33. The molecule has 29 heavy (non-hydrogen) atoms. The fraction of sp³-hybridized carbons (Fsp3) is 0.478. The number of hydrazone groups is 1. The molecule has 0 radical (unpaired) electrons. The zero-order valence-corrected chi connectivity index (χ0v) is 17.3. The van der Waals surface area contributed by atoms with Crippen molar-refractivity contribution in [1.82, 2.24) is 20.2 Å². The Balaban J connectivity index is 1.32. The maximum Gasteiger partial charge on any atom is 0.265 e. The molecular formula is C23H28N6. The number of fused-ring (bicyclic) bond motifs is 4. The van der Waals surface area contributed by atoms with Gasteiger partial charge in [-0.15, -0.1) is 10.2 Å². The van der Waals surface area contributed by atoms with Gasteiger partial charge in [0, 0.05) is 17.1 Å². The van der Waals surface area contributed by atoms with Crippen LogP contribution in [-0.4, -0.2) is 26.4 Å². The molecule has 6 nitrogen and oxygen atoms in total. The third-order valence-electron chi connectivity index (χ3n) is 6.94. The van der Waals surface area contributed by atoms with E-state index in [0.29, 0.717) is 29.1 Å². The minimum Gasteiger partial charge on any atom is -0.338 e. The van der Waals surface area contributed by atoms with Gasteiger partial charge < -0.3 is 4.98 Å². The molecule has 2 N–H and O–H groups in total. The molecule has 5 rings (SSSR count). The number of anilines is 1. The Labute approximate surface area is 170 Å². The lowest BCUT2D eigenvalue weighted by molar-refractivity contribution is 0.149. The molecule has 0 unspecified atom stereocenters. The van der Waals surface area contributed by atoms with E-state index in [0.717, 1.165) is 22.1 Å². The number of rotatable bonds is 3. The van der Waals surface area contributed by atoms with Gasteiger partial charge in [-0.3, -0.25) is 0 Å². The highest BCUT2D eigenvalue weighted by Gasteiger charge is 2.40. The van der Waals surface area contributed by atoms with Crippen molar-refractivity contribution in [2.75, 3.05) is 5.43 Å². The van der Waals surface area contributed by atoms with Gasteiger partial charge >= 0.3 is 0 Å². The number of hydrogen-bond acceptors (Lipinski definition) is 5. The maximum absolute atomic E-state index is 4.54. The highest BCUT2D eigenvalue weighted by molar-refractivity contribution is 6.03. The molecule has 0 spiro atoms. The normalized spacial score (nSPS) is 26.6. The number of nitrogens with one attached hydrogen (secondary N) is 2. The van der Waals surface area contributed by atoms with Crippen LogP contribution in [-0.2, 0) is 0 Å². The number of allylic oxidation sites excluding steroid dienone is 2. The highest BCUT2D eigenvalue weighted by atomic mass is 15.4. The van der Waals surface area contributed by atoms with Crippen LogP contribution in [0.5, 0.6) is 0 Å². The average molecular weight is 389 g/mol. The van der Waals surface area contributed by atoms with Crippen molar-refractivity contribution >= 4 is 34.2 Å². The quantitative estimate of drug-likeness (QED) is 0.362. The predicted molar refractivity (Wildman–Crippen MR) is 118 cm³/mol. The highest BCUT2D eigenvalue weighted by Crippen LogP contribution is 2.50. The smallest absolute Gasteiger partial charge is 0.265 e. The van der Waals surface area contributed by atoms with Crippen molar-refractivity contribution in [3.63, 3.8) is 0 Å². The van der Waals surface area contributed by atoms with E-state index in [4.69, 9.17) is 0 Å². The number of H-pyrrole nitrogens is 1. The van der Waals surface area contributed by atoms with Crippen molar-refractivity contribution in [3.05, 3.63) is 35.9 Å². The number of hydrogen-bond donors (Lipinski definition) is 2. The van der Waals surface area contributed by atoms with Gasteiger partial charge in [-0.25, -0.2) is 5.43 Å². The minimum atomic E-state index is 0.386. The summed E-state index contributed by atoms with van der Waals surface area (Å²) in [6, 6.07) is 8.03. The van der Waals surface area contributed by atoms with Crippen LogP contribution in [0.4, 0.5) is 5.95 Å². The summed E-state index contributed by atoms with van der Waals surface area (Å²) in [5.74, 6) is 2.16. The van der Waals surface area contributed by atoms with Gasteiger partial charge in [-0.05, 0) is 54.9 Å². The molecule has 1 aromatic carbocycles. The first-order valence-electron chi connectivity index (χ1n) is 10.6. The first kappa shape index (κ1) is 18.3. The van der Waals surface area contributed by atoms with Crippen LogP contribution < -0.4 is 5.43 Å². The molecule has 3 atom stereocenters. The monoisotopic (exact) mass is 388 g/mol. The van der Waals surface area contributed by atoms with E-state index in [9.17, 15) is 0 Å². The van der Waals surface area contributed by atoms with Gasteiger partial charge in [0.2, 0.25) is 0 Å². The fourth-order valence-electron chi connectivity index (χ4n) is 5.14. The summed E-state index contributed by atoms with van der Waals surface area (Å²) in [5, 5.41) is 14.1. The van der Waals surface area contributed by atoms with Gasteiger partial charge in [-0.1, -0.05) is 50.6 Å². The maximum atomic E-state index is 4.54. The van der Waals surface area contributed by atoms with E-state index >= 15 is 0 Å². The van der Waals surface area contributed by atoms with Gasteiger partial charge in [0.15, 0.2) is 5.65 Å². The van der Waals surface area contributed by atoms with Crippen LogP contribution in [0.25, 0.3) is 22.1 Å². The third kappa shape index (κ3) is 3.30. The molecule has 2 aliphatic carbocycles. The zero-order valence-electron chi connectivity index (χ0n) is 17.3. The summed E-state index contributed by atoms with van der Waals surface area (Å²) >= 11 is 0. The molecule has 2 aromatic heterocycles. The van der Waals surface area contributed by atoms with Crippen molar-refractivity contribution in [2.24, 2.45) is 28.3 Å². The molecule has 3 aromatic rings. The van der Waals surface area contributed by atoms with E-state index < -0.39 is 0 Å². The first-order valence-corrected chi connectivity index (χ1v) is 10.6.